The van der Waals surface area contributed by atoms with Gasteiger partial charge in [-0.2, -0.15) is 0 Å². The first-order chi connectivity index (χ1) is 9.53. The summed E-state index contributed by atoms with van der Waals surface area (Å²) in [5.74, 6) is -0.419. The van der Waals surface area contributed by atoms with Crippen LogP contribution in [0.15, 0.2) is 0 Å². The monoisotopic (exact) mass is 301 g/mol. The summed E-state index contributed by atoms with van der Waals surface area (Å²) in [5, 5.41) is 9.02. The van der Waals surface area contributed by atoms with Gasteiger partial charge in [-0.25, -0.2) is 4.79 Å². The predicted molar refractivity (Wildman–Crippen MR) is 78.2 cm³/mol. The zero-order valence-corrected chi connectivity index (χ0v) is 13.6. The third-order valence-corrected chi connectivity index (χ3v) is 3.19. The number of hydrogen-bond donors (Lipinski definition) is 1. The highest BCUT2D eigenvalue weighted by atomic mass is 16.6. The molecule has 122 valence electrons. The van der Waals surface area contributed by atoms with Crippen LogP contribution >= 0.6 is 0 Å². The molecule has 0 spiro atoms. The summed E-state index contributed by atoms with van der Waals surface area (Å²) in [7, 11) is 0. The minimum absolute atomic E-state index is 0.0929. The van der Waals surface area contributed by atoms with E-state index in [4.69, 9.17) is 14.6 Å². The van der Waals surface area contributed by atoms with E-state index in [0.717, 1.165) is 6.42 Å². The first-order valence-electron chi connectivity index (χ1n) is 7.37. The maximum absolute atomic E-state index is 11.9. The Morgan fingerprint density at radius 3 is 2.29 bits per heavy atom. The van der Waals surface area contributed by atoms with Crippen LogP contribution in [0, 0.1) is 5.92 Å². The topological polar surface area (TPSA) is 76.1 Å². The fraction of sp³-hybridized carbons (Fsp3) is 0.867. The Labute approximate surface area is 126 Å². The number of carbonyl (C=O) groups is 2. The quantitative estimate of drug-likeness (QED) is 0.815. The largest absolute Gasteiger partial charge is 0.481 e. The second-order valence-electron chi connectivity index (χ2n) is 7.12. The second-order valence-corrected chi connectivity index (χ2v) is 7.12. The fourth-order valence-corrected chi connectivity index (χ4v) is 2.15. The molecular formula is C15H27NO5. The van der Waals surface area contributed by atoms with Crippen LogP contribution in [-0.4, -0.2) is 53.0 Å². The number of carboxylic acid groups (broad SMARTS) is 1. The summed E-state index contributed by atoms with van der Waals surface area (Å²) in [5.41, 5.74) is -1.32. The van der Waals surface area contributed by atoms with Crippen molar-refractivity contribution in [3.63, 3.8) is 0 Å². The minimum atomic E-state index is -0.914. The molecule has 0 bridgehead atoms. The molecule has 0 atom stereocenters. The first kappa shape index (κ1) is 17.8. The maximum atomic E-state index is 11.9. The van der Waals surface area contributed by atoms with E-state index in [1.807, 2.05) is 0 Å². The summed E-state index contributed by atoms with van der Waals surface area (Å²) >= 11 is 0. The van der Waals surface area contributed by atoms with Gasteiger partial charge in [0.2, 0.25) is 0 Å². The smallest absolute Gasteiger partial charge is 0.410 e. The number of ether oxygens (including phenoxy) is 2. The van der Waals surface area contributed by atoms with Gasteiger partial charge in [-0.05, 0) is 33.1 Å². The predicted octanol–water partition coefficient (Wildman–Crippen LogP) is 2.51. The molecule has 21 heavy (non-hydrogen) atoms. The van der Waals surface area contributed by atoms with Gasteiger partial charge in [0.1, 0.15) is 11.2 Å². The minimum Gasteiger partial charge on any atom is -0.481 e. The number of carboxylic acids is 1. The van der Waals surface area contributed by atoms with Crippen molar-refractivity contribution in [3.8, 4) is 0 Å². The number of amides is 1. The van der Waals surface area contributed by atoms with E-state index in [0.29, 0.717) is 12.5 Å². The van der Waals surface area contributed by atoms with E-state index in [-0.39, 0.29) is 19.5 Å². The molecule has 1 aliphatic heterocycles. The molecule has 1 aliphatic rings. The molecule has 1 rings (SSSR count). The van der Waals surface area contributed by atoms with Gasteiger partial charge in [0.15, 0.2) is 0 Å². The third kappa shape index (κ3) is 5.91. The molecule has 0 saturated carbocycles. The SMILES string of the molecule is CC(C)CCOC1(CC(=O)O)CN(C(=O)OC(C)(C)C)C1. The molecule has 6 heteroatoms. The normalized spacial score (nSPS) is 17.5. The Balaban J connectivity index is 2.53. The summed E-state index contributed by atoms with van der Waals surface area (Å²) in [4.78, 5) is 24.4. The van der Waals surface area contributed by atoms with Crippen molar-refractivity contribution in [3.05, 3.63) is 0 Å². The molecule has 0 aromatic rings. The van der Waals surface area contributed by atoms with E-state index in [9.17, 15) is 9.59 Å². The number of aliphatic carboxylic acids is 1. The van der Waals surface area contributed by atoms with Gasteiger partial charge in [-0.3, -0.25) is 4.79 Å². The zero-order valence-electron chi connectivity index (χ0n) is 13.6. The molecule has 1 amide bonds. The molecule has 1 fully saturated rings. The Hall–Kier alpha value is -1.30. The lowest BCUT2D eigenvalue weighted by Gasteiger charge is -2.48. The summed E-state index contributed by atoms with van der Waals surface area (Å²) in [6, 6.07) is 0. The van der Waals surface area contributed by atoms with Crippen LogP contribution in [0.3, 0.4) is 0 Å². The van der Waals surface area contributed by atoms with Gasteiger partial charge in [-0.1, -0.05) is 13.8 Å². The van der Waals surface area contributed by atoms with Crippen LogP contribution in [0.4, 0.5) is 4.79 Å². The Kier molecular flexibility index (Phi) is 5.61. The van der Waals surface area contributed by atoms with E-state index >= 15 is 0 Å². The van der Waals surface area contributed by atoms with E-state index in [1.165, 1.54) is 4.90 Å². The van der Waals surface area contributed by atoms with Crippen LogP contribution in [-0.2, 0) is 14.3 Å². The van der Waals surface area contributed by atoms with Gasteiger partial charge in [-0.15, -0.1) is 0 Å². The highest BCUT2D eigenvalue weighted by molar-refractivity contribution is 5.72. The summed E-state index contributed by atoms with van der Waals surface area (Å²) in [6.07, 6.45) is 0.356. The summed E-state index contributed by atoms with van der Waals surface area (Å²) < 4.78 is 11.0. The molecule has 0 aliphatic carbocycles. The molecule has 0 aromatic carbocycles. The Morgan fingerprint density at radius 1 is 1.29 bits per heavy atom. The molecule has 0 unspecified atom stereocenters. The Bertz CT molecular complexity index is 380. The van der Waals surface area contributed by atoms with Crippen LogP contribution in [0.5, 0.6) is 0 Å². The number of rotatable bonds is 6. The van der Waals surface area contributed by atoms with Gasteiger partial charge in [0.25, 0.3) is 0 Å². The number of nitrogens with zero attached hydrogens (tertiary/aromatic N) is 1. The second kappa shape index (κ2) is 6.64. The average Bonchev–Trinajstić information content (AvgIpc) is 2.20. The zero-order chi connectivity index (χ0) is 16.3. The van der Waals surface area contributed by atoms with Crippen molar-refractivity contribution in [1.82, 2.24) is 4.90 Å². The van der Waals surface area contributed by atoms with Crippen LogP contribution in [0.2, 0.25) is 0 Å². The van der Waals surface area contributed by atoms with E-state index in [2.05, 4.69) is 13.8 Å². The van der Waals surface area contributed by atoms with Gasteiger partial charge in [0, 0.05) is 6.61 Å². The van der Waals surface area contributed by atoms with Crippen molar-refractivity contribution in [2.45, 2.75) is 58.7 Å². The van der Waals surface area contributed by atoms with Crippen molar-refractivity contribution < 1.29 is 24.2 Å². The molecule has 6 nitrogen and oxygen atoms in total. The van der Waals surface area contributed by atoms with Gasteiger partial charge >= 0.3 is 12.1 Å². The average molecular weight is 301 g/mol. The van der Waals surface area contributed by atoms with Gasteiger partial charge < -0.3 is 19.5 Å². The van der Waals surface area contributed by atoms with Crippen molar-refractivity contribution in [1.29, 1.82) is 0 Å². The molecule has 0 aromatic heterocycles. The third-order valence-electron chi connectivity index (χ3n) is 3.19. The fourth-order valence-electron chi connectivity index (χ4n) is 2.15. The van der Waals surface area contributed by atoms with Gasteiger partial charge in [0.05, 0.1) is 19.5 Å². The Morgan fingerprint density at radius 2 is 1.86 bits per heavy atom. The van der Waals surface area contributed by atoms with Crippen molar-refractivity contribution in [2.24, 2.45) is 5.92 Å². The molecule has 1 heterocycles. The molecule has 0 radical (unpaired) electrons. The number of likely N-dealkylation sites (tertiary alicyclic amines) is 1. The van der Waals surface area contributed by atoms with E-state index < -0.39 is 23.3 Å². The maximum Gasteiger partial charge on any atom is 0.410 e. The molecule has 1 N–H and O–H groups in total. The highest BCUT2D eigenvalue weighted by Crippen LogP contribution is 2.30. The van der Waals surface area contributed by atoms with Crippen LogP contribution < -0.4 is 0 Å². The van der Waals surface area contributed by atoms with E-state index in [1.54, 1.807) is 20.8 Å². The summed E-state index contributed by atoms with van der Waals surface area (Å²) in [6.45, 7) is 10.6. The number of carbonyl (C=O) groups excluding carboxylic acids is 1. The molecule has 1 saturated heterocycles. The van der Waals surface area contributed by atoms with Crippen molar-refractivity contribution in [2.75, 3.05) is 19.7 Å². The lowest BCUT2D eigenvalue weighted by molar-refractivity contribution is -0.167. The highest BCUT2D eigenvalue weighted by Gasteiger charge is 2.49. The van der Waals surface area contributed by atoms with Crippen LogP contribution in [0.1, 0.15) is 47.5 Å². The standard InChI is InChI=1S/C15H27NO5/c1-11(2)6-7-20-15(8-12(17)18)9-16(10-15)13(19)21-14(3,4)5/h11H,6-10H2,1-5H3,(H,17,18). The lowest BCUT2D eigenvalue weighted by atomic mass is 9.90. The first-order valence-corrected chi connectivity index (χ1v) is 7.37. The van der Waals surface area contributed by atoms with Crippen LogP contribution in [0.25, 0.3) is 0 Å². The lowest BCUT2D eigenvalue weighted by Crippen LogP contribution is -2.66. The van der Waals surface area contributed by atoms with Crippen molar-refractivity contribution >= 4 is 12.1 Å². The number of hydrogen-bond acceptors (Lipinski definition) is 4. The molecular weight excluding hydrogens is 274 g/mol.